The molecule has 0 aliphatic carbocycles. The molecule has 152 valence electrons. The number of nitrogens with one attached hydrogen (secondary N) is 1. The lowest BCUT2D eigenvalue weighted by atomic mass is 10.0. The summed E-state index contributed by atoms with van der Waals surface area (Å²) in [5.74, 6) is 0.728. The van der Waals surface area contributed by atoms with Gasteiger partial charge in [0.15, 0.2) is 0 Å². The van der Waals surface area contributed by atoms with E-state index in [0.29, 0.717) is 17.6 Å². The lowest BCUT2D eigenvalue weighted by Gasteiger charge is -2.34. The molecule has 4 nitrogen and oxygen atoms in total. The van der Waals surface area contributed by atoms with Crippen LogP contribution in [0, 0.1) is 0 Å². The van der Waals surface area contributed by atoms with Gasteiger partial charge in [-0.3, -0.25) is 0 Å². The molecule has 1 saturated heterocycles. The highest BCUT2D eigenvalue weighted by molar-refractivity contribution is 6.30. The van der Waals surface area contributed by atoms with Crippen LogP contribution in [0.3, 0.4) is 0 Å². The van der Waals surface area contributed by atoms with Gasteiger partial charge in [-0.2, -0.15) is 0 Å². The van der Waals surface area contributed by atoms with Crippen molar-refractivity contribution in [1.29, 1.82) is 0 Å². The Bertz CT molecular complexity index is 918. The SMILES string of the molecule is OC(COc1ccc(Cl)cc1)CN1CCC(Nc2cccc3ccccc23)CC1. The fourth-order valence-corrected chi connectivity index (χ4v) is 4.03. The molecule has 0 bridgehead atoms. The number of aliphatic hydroxyl groups excluding tert-OH is 1. The van der Waals surface area contributed by atoms with Crippen molar-refractivity contribution in [3.05, 3.63) is 71.8 Å². The molecule has 1 aliphatic rings. The van der Waals surface area contributed by atoms with Crippen LogP contribution in [-0.4, -0.2) is 48.4 Å². The zero-order valence-electron chi connectivity index (χ0n) is 16.4. The highest BCUT2D eigenvalue weighted by atomic mass is 35.5. The third-order valence-electron chi connectivity index (χ3n) is 5.46. The number of β-amino-alcohol motifs (C(OH)–C–C–N with tert-alkyl or cyclic N) is 1. The molecule has 0 amide bonds. The number of nitrogens with zero attached hydrogens (tertiary/aromatic N) is 1. The first kappa shape index (κ1) is 20.0. The Morgan fingerprint density at radius 3 is 2.52 bits per heavy atom. The van der Waals surface area contributed by atoms with Gasteiger partial charge in [-0.15, -0.1) is 0 Å². The van der Waals surface area contributed by atoms with E-state index >= 15 is 0 Å². The van der Waals surface area contributed by atoms with Gasteiger partial charge in [-0.05, 0) is 48.6 Å². The van der Waals surface area contributed by atoms with Gasteiger partial charge >= 0.3 is 0 Å². The number of hydrogen-bond acceptors (Lipinski definition) is 4. The first-order chi connectivity index (χ1) is 14.2. The monoisotopic (exact) mass is 410 g/mol. The largest absolute Gasteiger partial charge is 0.491 e. The molecule has 3 aromatic carbocycles. The molecule has 0 radical (unpaired) electrons. The second-order valence-electron chi connectivity index (χ2n) is 7.66. The summed E-state index contributed by atoms with van der Waals surface area (Å²) < 4.78 is 5.66. The minimum Gasteiger partial charge on any atom is -0.491 e. The third kappa shape index (κ3) is 5.41. The lowest BCUT2D eigenvalue weighted by Crippen LogP contribution is -2.43. The van der Waals surface area contributed by atoms with Gasteiger partial charge in [0.1, 0.15) is 18.5 Å². The van der Waals surface area contributed by atoms with Crippen molar-refractivity contribution in [1.82, 2.24) is 4.90 Å². The van der Waals surface area contributed by atoms with Gasteiger partial charge in [0.05, 0.1) is 0 Å². The van der Waals surface area contributed by atoms with Crippen molar-refractivity contribution in [2.45, 2.75) is 25.0 Å². The summed E-state index contributed by atoms with van der Waals surface area (Å²) in [7, 11) is 0. The summed E-state index contributed by atoms with van der Waals surface area (Å²) in [6, 6.07) is 22.6. The Balaban J connectivity index is 1.23. The zero-order valence-corrected chi connectivity index (χ0v) is 17.2. The van der Waals surface area contributed by atoms with E-state index in [9.17, 15) is 5.11 Å². The summed E-state index contributed by atoms with van der Waals surface area (Å²) in [5, 5.41) is 17.3. The second kappa shape index (κ2) is 9.49. The van der Waals surface area contributed by atoms with Crippen LogP contribution >= 0.6 is 11.6 Å². The molecule has 2 N–H and O–H groups in total. The fraction of sp³-hybridized carbons (Fsp3) is 0.333. The van der Waals surface area contributed by atoms with E-state index in [4.69, 9.17) is 16.3 Å². The summed E-state index contributed by atoms with van der Waals surface area (Å²) in [5.41, 5.74) is 1.21. The van der Waals surface area contributed by atoms with Gasteiger partial charge in [-0.1, -0.05) is 48.0 Å². The molecule has 3 aromatic rings. The van der Waals surface area contributed by atoms with E-state index < -0.39 is 6.10 Å². The van der Waals surface area contributed by atoms with Crippen LogP contribution in [0.15, 0.2) is 66.7 Å². The van der Waals surface area contributed by atoms with Gasteiger partial charge in [0.2, 0.25) is 0 Å². The van der Waals surface area contributed by atoms with E-state index in [-0.39, 0.29) is 6.61 Å². The smallest absolute Gasteiger partial charge is 0.119 e. The first-order valence-corrected chi connectivity index (χ1v) is 10.6. The maximum absolute atomic E-state index is 10.3. The van der Waals surface area contributed by atoms with Crippen molar-refractivity contribution in [3.63, 3.8) is 0 Å². The molecule has 0 saturated carbocycles. The van der Waals surface area contributed by atoms with E-state index in [0.717, 1.165) is 31.7 Å². The Labute approximate surface area is 177 Å². The summed E-state index contributed by atoms with van der Waals surface area (Å²) in [6.07, 6.45) is 1.62. The maximum atomic E-state index is 10.3. The van der Waals surface area contributed by atoms with Gasteiger partial charge in [-0.25, -0.2) is 0 Å². The quantitative estimate of drug-likeness (QED) is 0.586. The van der Waals surface area contributed by atoms with Crippen LogP contribution in [0.4, 0.5) is 5.69 Å². The van der Waals surface area contributed by atoms with E-state index in [1.54, 1.807) is 12.1 Å². The van der Waals surface area contributed by atoms with Gasteiger partial charge in [0, 0.05) is 41.8 Å². The topological polar surface area (TPSA) is 44.7 Å². The first-order valence-electron chi connectivity index (χ1n) is 10.2. The van der Waals surface area contributed by atoms with Crippen LogP contribution in [0.1, 0.15) is 12.8 Å². The predicted octanol–water partition coefficient (Wildman–Crippen LogP) is 4.81. The normalized spacial score (nSPS) is 16.6. The summed E-state index contributed by atoms with van der Waals surface area (Å²) in [6.45, 7) is 2.87. The molecule has 0 aromatic heterocycles. The molecular formula is C24H27ClN2O2. The molecule has 1 atom stereocenters. The minimum absolute atomic E-state index is 0.288. The number of likely N-dealkylation sites (tertiary alicyclic amines) is 1. The van der Waals surface area contributed by atoms with E-state index in [1.165, 1.54) is 16.5 Å². The molecule has 5 heteroatoms. The van der Waals surface area contributed by atoms with Crippen LogP contribution in [0.25, 0.3) is 10.8 Å². The van der Waals surface area contributed by atoms with Crippen LogP contribution < -0.4 is 10.1 Å². The highest BCUT2D eigenvalue weighted by Gasteiger charge is 2.21. The Morgan fingerprint density at radius 2 is 1.72 bits per heavy atom. The Hall–Kier alpha value is -2.27. The maximum Gasteiger partial charge on any atom is 0.119 e. The number of ether oxygens (including phenoxy) is 1. The number of benzene rings is 3. The third-order valence-corrected chi connectivity index (χ3v) is 5.71. The highest BCUT2D eigenvalue weighted by Crippen LogP contribution is 2.25. The van der Waals surface area contributed by atoms with Crippen molar-refractivity contribution in [2.75, 3.05) is 31.6 Å². The number of aliphatic hydroxyl groups is 1. The molecule has 1 heterocycles. The van der Waals surface area contributed by atoms with E-state index in [2.05, 4.69) is 52.7 Å². The molecule has 4 rings (SSSR count). The summed E-state index contributed by atoms with van der Waals surface area (Å²) >= 11 is 5.88. The number of anilines is 1. The fourth-order valence-electron chi connectivity index (χ4n) is 3.91. The van der Waals surface area contributed by atoms with Crippen molar-refractivity contribution >= 4 is 28.1 Å². The Morgan fingerprint density at radius 1 is 1.00 bits per heavy atom. The van der Waals surface area contributed by atoms with Crippen LogP contribution in [-0.2, 0) is 0 Å². The standard InChI is InChI=1S/C24H27ClN2O2/c25-19-8-10-22(11-9-19)29-17-21(28)16-27-14-12-20(13-15-27)26-24-7-3-5-18-4-1-2-6-23(18)24/h1-11,20-21,26,28H,12-17H2. The van der Waals surface area contributed by atoms with Gasteiger partial charge < -0.3 is 20.1 Å². The van der Waals surface area contributed by atoms with Crippen molar-refractivity contribution in [3.8, 4) is 5.75 Å². The minimum atomic E-state index is -0.506. The number of hydrogen-bond donors (Lipinski definition) is 2. The van der Waals surface area contributed by atoms with Crippen molar-refractivity contribution in [2.24, 2.45) is 0 Å². The van der Waals surface area contributed by atoms with Gasteiger partial charge in [0.25, 0.3) is 0 Å². The molecular weight excluding hydrogens is 384 g/mol. The van der Waals surface area contributed by atoms with Crippen molar-refractivity contribution < 1.29 is 9.84 Å². The predicted molar refractivity (Wildman–Crippen MR) is 120 cm³/mol. The molecule has 0 spiro atoms. The number of piperidine rings is 1. The number of halogens is 1. The Kier molecular flexibility index (Phi) is 6.55. The van der Waals surface area contributed by atoms with E-state index in [1.807, 2.05) is 12.1 Å². The van der Waals surface area contributed by atoms with Crippen LogP contribution in [0.2, 0.25) is 5.02 Å². The molecule has 1 aliphatic heterocycles. The molecule has 1 unspecified atom stereocenters. The lowest BCUT2D eigenvalue weighted by molar-refractivity contribution is 0.0605. The summed E-state index contributed by atoms with van der Waals surface area (Å²) in [4.78, 5) is 2.32. The number of fused-ring (bicyclic) bond motifs is 1. The zero-order chi connectivity index (χ0) is 20.1. The molecule has 1 fully saturated rings. The average Bonchev–Trinajstić information content (AvgIpc) is 2.75. The molecule has 29 heavy (non-hydrogen) atoms. The number of rotatable bonds is 7. The van der Waals surface area contributed by atoms with Crippen LogP contribution in [0.5, 0.6) is 5.75 Å². The second-order valence-corrected chi connectivity index (χ2v) is 8.10. The average molecular weight is 411 g/mol.